The Kier molecular flexibility index (Phi) is 5.11. The third-order valence-corrected chi connectivity index (χ3v) is 6.80. The van der Waals surface area contributed by atoms with E-state index in [0.29, 0.717) is 0 Å². The number of nitrogens with one attached hydrogen (secondary N) is 6. The molecule has 0 spiro atoms. The van der Waals surface area contributed by atoms with Crippen molar-refractivity contribution in [1.29, 1.82) is 0 Å². The molecule has 6 N–H and O–H groups in total. The molecule has 6 heterocycles. The van der Waals surface area contributed by atoms with Crippen molar-refractivity contribution in [3.8, 4) is 23.0 Å². The van der Waals surface area contributed by atoms with Crippen LogP contribution in [0.2, 0.25) is 0 Å². The predicted molar refractivity (Wildman–Crippen MR) is 138 cm³/mol. The molecule has 2 aliphatic rings. The van der Waals surface area contributed by atoms with Crippen molar-refractivity contribution >= 4 is 21.8 Å². The van der Waals surface area contributed by atoms with Gasteiger partial charge in [0.1, 0.15) is 11.4 Å². The van der Waals surface area contributed by atoms with Crippen LogP contribution in [0, 0.1) is 0 Å². The van der Waals surface area contributed by atoms with E-state index in [1.54, 1.807) is 0 Å². The lowest BCUT2D eigenvalue weighted by Crippen LogP contribution is -2.23. The van der Waals surface area contributed by atoms with Crippen molar-refractivity contribution < 1.29 is 0 Å². The zero-order valence-corrected chi connectivity index (χ0v) is 19.7. The van der Waals surface area contributed by atoms with E-state index in [9.17, 15) is 0 Å². The van der Waals surface area contributed by atoms with Gasteiger partial charge in [-0.3, -0.25) is 10.2 Å². The highest BCUT2D eigenvalue weighted by molar-refractivity contribution is 5.91. The van der Waals surface area contributed by atoms with Gasteiger partial charge in [-0.2, -0.15) is 10.2 Å². The highest BCUT2D eigenvalue weighted by Gasteiger charge is 2.19. The fraction of sp³-hybridized carbons (Fsp3) is 0.231. The second kappa shape index (κ2) is 8.74. The zero-order chi connectivity index (χ0) is 23.9. The molecule has 8 rings (SSSR count). The van der Waals surface area contributed by atoms with Crippen LogP contribution in [0.5, 0.6) is 0 Å². The molecular formula is C26H26N10. The number of fused-ring (bicyclic) bond motifs is 4. The minimum atomic E-state index is 0.862. The maximum atomic E-state index is 4.67. The predicted octanol–water partition coefficient (Wildman–Crippen LogP) is 3.20. The number of hydrogen-bond donors (Lipinski definition) is 6. The Bertz CT molecular complexity index is 1500. The highest BCUT2D eigenvalue weighted by atomic mass is 15.1. The number of para-hydroxylation sites is 2. The molecule has 0 fully saturated rings. The van der Waals surface area contributed by atoms with Crippen molar-refractivity contribution in [1.82, 2.24) is 51.0 Å². The van der Waals surface area contributed by atoms with Crippen LogP contribution >= 0.6 is 0 Å². The lowest BCUT2D eigenvalue weighted by Gasteiger charge is -2.09. The molecule has 2 aliphatic heterocycles. The number of nitrogens with zero attached hydrogens (tertiary/aromatic N) is 4. The summed E-state index contributed by atoms with van der Waals surface area (Å²) in [7, 11) is 0. The van der Waals surface area contributed by atoms with E-state index in [1.165, 1.54) is 11.4 Å². The highest BCUT2D eigenvalue weighted by Crippen LogP contribution is 2.26. The fourth-order valence-electron chi connectivity index (χ4n) is 4.95. The summed E-state index contributed by atoms with van der Waals surface area (Å²) >= 11 is 0. The third-order valence-electron chi connectivity index (χ3n) is 6.80. The molecule has 0 saturated carbocycles. The summed E-state index contributed by atoms with van der Waals surface area (Å²) in [6.07, 6.45) is 1.96. The average Bonchev–Trinajstić information content (AvgIpc) is 3.71. The molecule has 180 valence electrons. The molecule has 0 amide bonds. The van der Waals surface area contributed by atoms with E-state index in [1.807, 2.05) is 36.4 Å². The number of aromatic amines is 4. The molecular weight excluding hydrogens is 452 g/mol. The second-order valence-corrected chi connectivity index (χ2v) is 9.11. The van der Waals surface area contributed by atoms with Gasteiger partial charge < -0.3 is 20.6 Å². The van der Waals surface area contributed by atoms with Crippen LogP contribution in [0.3, 0.4) is 0 Å². The van der Waals surface area contributed by atoms with Crippen LogP contribution in [-0.2, 0) is 25.9 Å². The zero-order valence-electron chi connectivity index (χ0n) is 19.7. The van der Waals surface area contributed by atoms with E-state index in [-0.39, 0.29) is 0 Å². The van der Waals surface area contributed by atoms with Gasteiger partial charge in [0.05, 0.1) is 33.8 Å². The van der Waals surface area contributed by atoms with Crippen LogP contribution in [0.25, 0.3) is 44.8 Å². The third kappa shape index (κ3) is 3.67. The van der Waals surface area contributed by atoms with Crippen molar-refractivity contribution in [3.05, 3.63) is 71.3 Å². The summed E-state index contributed by atoms with van der Waals surface area (Å²) in [4.78, 5) is 16.1. The summed E-state index contributed by atoms with van der Waals surface area (Å²) < 4.78 is 0. The normalized spacial score (nSPS) is 14.9. The van der Waals surface area contributed by atoms with Crippen LogP contribution in [-0.4, -0.2) is 53.4 Å². The first-order valence-corrected chi connectivity index (χ1v) is 12.3. The van der Waals surface area contributed by atoms with Gasteiger partial charge in [0, 0.05) is 49.8 Å². The number of benzene rings is 2. The number of imidazole rings is 2. The lowest BCUT2D eigenvalue weighted by atomic mass is 10.2. The molecule has 0 radical (unpaired) electrons. The maximum Gasteiger partial charge on any atom is 0.159 e. The number of H-pyrrole nitrogens is 4. The molecule has 4 aromatic heterocycles. The maximum absolute atomic E-state index is 4.67. The molecule has 36 heavy (non-hydrogen) atoms. The lowest BCUT2D eigenvalue weighted by molar-refractivity contribution is 0.627. The van der Waals surface area contributed by atoms with Gasteiger partial charge in [-0.15, -0.1) is 0 Å². The first kappa shape index (κ1) is 21.0. The van der Waals surface area contributed by atoms with Crippen molar-refractivity contribution in [2.24, 2.45) is 0 Å². The molecule has 0 unspecified atom stereocenters. The fourth-order valence-corrected chi connectivity index (χ4v) is 4.95. The van der Waals surface area contributed by atoms with E-state index in [2.05, 4.69) is 63.1 Å². The van der Waals surface area contributed by atoms with Gasteiger partial charge >= 0.3 is 0 Å². The Morgan fingerprint density at radius 3 is 1.53 bits per heavy atom. The first-order valence-electron chi connectivity index (χ1n) is 12.3. The smallest absolute Gasteiger partial charge is 0.159 e. The summed E-state index contributed by atoms with van der Waals surface area (Å²) in [5, 5.41) is 23.7. The standard InChI is InChI=1S/2C13H13N5/c2*1-2-4-9-8(3-1)12(18-17-9)13-15-10-5-6-14-7-11(10)16-13/h2*1-4,14H,5-7H2,(H,15,16)(H,17,18). The minimum Gasteiger partial charge on any atom is -0.339 e. The minimum absolute atomic E-state index is 0.862. The summed E-state index contributed by atoms with van der Waals surface area (Å²) in [6, 6.07) is 16.2. The van der Waals surface area contributed by atoms with E-state index < -0.39 is 0 Å². The number of hydrogen-bond acceptors (Lipinski definition) is 6. The van der Waals surface area contributed by atoms with Gasteiger partial charge in [-0.1, -0.05) is 36.4 Å². The molecule has 0 bridgehead atoms. The van der Waals surface area contributed by atoms with E-state index >= 15 is 0 Å². The van der Waals surface area contributed by atoms with Gasteiger partial charge in [-0.05, 0) is 12.1 Å². The number of aromatic nitrogens is 8. The SMILES string of the molecule is c1ccc2c(-c3nc4c([nH]3)CNCC4)n[nH]c2c1.c1ccc2c(-c3nc4c([nH]3)CNCC4)n[nH]c2c1. The molecule has 0 atom stereocenters. The van der Waals surface area contributed by atoms with Crippen LogP contribution in [0.4, 0.5) is 0 Å². The molecule has 10 nitrogen and oxygen atoms in total. The monoisotopic (exact) mass is 478 g/mol. The van der Waals surface area contributed by atoms with Crippen molar-refractivity contribution in [3.63, 3.8) is 0 Å². The average molecular weight is 479 g/mol. The van der Waals surface area contributed by atoms with Crippen LogP contribution in [0.1, 0.15) is 22.8 Å². The summed E-state index contributed by atoms with van der Waals surface area (Å²) in [5.74, 6) is 1.72. The molecule has 10 heteroatoms. The van der Waals surface area contributed by atoms with Crippen LogP contribution in [0.15, 0.2) is 48.5 Å². The van der Waals surface area contributed by atoms with E-state index in [4.69, 9.17) is 0 Å². The van der Waals surface area contributed by atoms with Gasteiger partial charge in [-0.25, -0.2) is 9.97 Å². The summed E-state index contributed by atoms with van der Waals surface area (Å²) in [5.41, 5.74) is 8.58. The number of rotatable bonds is 2. The molecule has 0 saturated heterocycles. The Labute approximate surface area is 206 Å². The quantitative estimate of drug-likeness (QED) is 0.226. The Balaban J connectivity index is 0.000000122. The summed E-state index contributed by atoms with van der Waals surface area (Å²) in [6.45, 7) is 3.73. The Morgan fingerprint density at radius 1 is 0.583 bits per heavy atom. The molecule has 2 aromatic carbocycles. The first-order chi connectivity index (χ1) is 17.8. The van der Waals surface area contributed by atoms with Gasteiger partial charge in [0.25, 0.3) is 0 Å². The Hall–Kier alpha value is -4.28. The molecule has 6 aromatic rings. The van der Waals surface area contributed by atoms with Gasteiger partial charge in [0.2, 0.25) is 0 Å². The van der Waals surface area contributed by atoms with Crippen molar-refractivity contribution in [2.75, 3.05) is 13.1 Å². The topological polar surface area (TPSA) is 139 Å². The molecule has 0 aliphatic carbocycles. The largest absolute Gasteiger partial charge is 0.339 e. The van der Waals surface area contributed by atoms with E-state index in [0.717, 1.165) is 95.3 Å². The van der Waals surface area contributed by atoms with Gasteiger partial charge in [0.15, 0.2) is 11.6 Å². The second-order valence-electron chi connectivity index (χ2n) is 9.11. The Morgan fingerprint density at radius 2 is 1.06 bits per heavy atom. The van der Waals surface area contributed by atoms with Crippen molar-refractivity contribution in [2.45, 2.75) is 25.9 Å². The van der Waals surface area contributed by atoms with Crippen LogP contribution < -0.4 is 10.6 Å².